The number of sulfonamides is 1. The molecular weight excluding hydrogens is 348 g/mol. The molecule has 8 nitrogen and oxygen atoms in total. The van der Waals surface area contributed by atoms with Gasteiger partial charge in [-0.3, -0.25) is 10.1 Å². The second-order valence-electron chi connectivity index (χ2n) is 5.56. The zero-order valence-corrected chi connectivity index (χ0v) is 13.9. The van der Waals surface area contributed by atoms with Gasteiger partial charge in [0.25, 0.3) is 5.69 Å². The van der Waals surface area contributed by atoms with Crippen molar-refractivity contribution < 1.29 is 23.2 Å². The van der Waals surface area contributed by atoms with E-state index in [4.69, 9.17) is 4.74 Å². The van der Waals surface area contributed by atoms with Gasteiger partial charge in [-0.15, -0.1) is 0 Å². The van der Waals surface area contributed by atoms with Gasteiger partial charge in [0.15, 0.2) is 4.90 Å². The number of aliphatic hydroxyl groups excluding tert-OH is 1. The molecule has 0 spiro atoms. The number of ether oxygens (including phenoxy) is 1. The lowest BCUT2D eigenvalue weighted by atomic mass is 10.0. The van der Waals surface area contributed by atoms with E-state index in [1.165, 1.54) is 12.1 Å². The molecular formula is C16H16N2O6S. The van der Waals surface area contributed by atoms with E-state index in [-0.39, 0.29) is 6.54 Å². The third-order valence-electron chi connectivity index (χ3n) is 3.92. The van der Waals surface area contributed by atoms with Crippen LogP contribution in [0.15, 0.2) is 47.4 Å². The molecule has 2 N–H and O–H groups in total. The van der Waals surface area contributed by atoms with Crippen LogP contribution in [0.5, 0.6) is 5.75 Å². The Morgan fingerprint density at radius 3 is 2.80 bits per heavy atom. The van der Waals surface area contributed by atoms with Gasteiger partial charge in [-0.05, 0) is 29.3 Å². The summed E-state index contributed by atoms with van der Waals surface area (Å²) in [6, 6.07) is 10.2. The van der Waals surface area contributed by atoms with Crippen LogP contribution in [-0.2, 0) is 16.4 Å². The molecule has 1 aliphatic heterocycles. The summed E-state index contributed by atoms with van der Waals surface area (Å²) in [5.74, 6) is 0.761. The van der Waals surface area contributed by atoms with Crippen LogP contribution in [0.4, 0.5) is 5.69 Å². The van der Waals surface area contributed by atoms with Crippen molar-refractivity contribution in [3.63, 3.8) is 0 Å². The molecule has 2 aromatic carbocycles. The van der Waals surface area contributed by atoms with Crippen LogP contribution >= 0.6 is 0 Å². The maximum absolute atomic E-state index is 12.3. The summed E-state index contributed by atoms with van der Waals surface area (Å²) in [6.45, 7) is 0.285. The number of benzene rings is 2. The van der Waals surface area contributed by atoms with Crippen molar-refractivity contribution in [2.45, 2.75) is 17.4 Å². The summed E-state index contributed by atoms with van der Waals surface area (Å²) in [4.78, 5) is 9.79. The van der Waals surface area contributed by atoms with Crippen molar-refractivity contribution in [3.05, 3.63) is 63.7 Å². The predicted octanol–water partition coefficient (Wildman–Crippen LogP) is 1.54. The summed E-state index contributed by atoms with van der Waals surface area (Å²) in [5, 5.41) is 21.2. The Morgan fingerprint density at radius 1 is 1.28 bits per heavy atom. The normalized spacial score (nSPS) is 14.6. The number of fused-ring (bicyclic) bond motifs is 1. The van der Waals surface area contributed by atoms with E-state index in [2.05, 4.69) is 4.72 Å². The number of nitrogens with one attached hydrogen (secondary N) is 1. The van der Waals surface area contributed by atoms with E-state index in [0.29, 0.717) is 12.2 Å². The SMILES string of the molecule is O=[N+]([O-])c1ccccc1S(=O)(=O)NCC(O)c1ccc2c(c1)CCO2. The number of para-hydroxylation sites is 1. The first kappa shape index (κ1) is 17.3. The van der Waals surface area contributed by atoms with Crippen LogP contribution in [0, 0.1) is 10.1 Å². The molecule has 3 rings (SSSR count). The standard InChI is InChI=1S/C16H16N2O6S/c19-14(11-5-6-15-12(9-11)7-8-24-15)10-17-25(22,23)16-4-2-1-3-13(16)18(20)21/h1-6,9,14,17,19H,7-8,10H2. The lowest BCUT2D eigenvalue weighted by Crippen LogP contribution is -2.29. The quantitative estimate of drug-likeness (QED) is 0.593. The molecule has 0 saturated heterocycles. The molecule has 1 heterocycles. The number of aliphatic hydroxyl groups is 1. The zero-order chi connectivity index (χ0) is 18.0. The summed E-state index contributed by atoms with van der Waals surface area (Å²) >= 11 is 0. The molecule has 0 amide bonds. The number of hydrogen-bond donors (Lipinski definition) is 2. The fraction of sp³-hybridized carbons (Fsp3) is 0.250. The molecule has 1 unspecified atom stereocenters. The summed E-state index contributed by atoms with van der Waals surface area (Å²) in [6.07, 6.45) is -0.346. The van der Waals surface area contributed by atoms with Gasteiger partial charge in [-0.1, -0.05) is 18.2 Å². The molecule has 132 valence electrons. The van der Waals surface area contributed by atoms with E-state index in [0.717, 1.165) is 29.9 Å². The van der Waals surface area contributed by atoms with Gasteiger partial charge >= 0.3 is 0 Å². The lowest BCUT2D eigenvalue weighted by Gasteiger charge is -2.13. The van der Waals surface area contributed by atoms with Gasteiger partial charge in [0.2, 0.25) is 10.0 Å². The average Bonchev–Trinajstić information content (AvgIpc) is 3.07. The monoisotopic (exact) mass is 364 g/mol. The van der Waals surface area contributed by atoms with E-state index in [1.54, 1.807) is 18.2 Å². The summed E-state index contributed by atoms with van der Waals surface area (Å²) in [5.41, 5.74) is 0.992. The van der Waals surface area contributed by atoms with Crippen LogP contribution in [-0.4, -0.2) is 31.6 Å². The topological polar surface area (TPSA) is 119 Å². The highest BCUT2D eigenvalue weighted by molar-refractivity contribution is 7.89. The van der Waals surface area contributed by atoms with Crippen molar-refractivity contribution in [2.75, 3.05) is 13.2 Å². The highest BCUT2D eigenvalue weighted by Gasteiger charge is 2.26. The van der Waals surface area contributed by atoms with Gasteiger partial charge in [0.05, 0.1) is 17.6 Å². The highest BCUT2D eigenvalue weighted by atomic mass is 32.2. The molecule has 0 fully saturated rings. The van der Waals surface area contributed by atoms with Crippen molar-refractivity contribution in [1.82, 2.24) is 4.72 Å². The van der Waals surface area contributed by atoms with Crippen LogP contribution in [0.3, 0.4) is 0 Å². The van der Waals surface area contributed by atoms with Crippen molar-refractivity contribution >= 4 is 15.7 Å². The van der Waals surface area contributed by atoms with E-state index < -0.39 is 31.6 Å². The number of nitro groups is 1. The minimum absolute atomic E-state index is 0.298. The summed E-state index contributed by atoms with van der Waals surface area (Å²) in [7, 11) is -4.13. The molecule has 25 heavy (non-hydrogen) atoms. The Morgan fingerprint density at radius 2 is 2.04 bits per heavy atom. The largest absolute Gasteiger partial charge is 0.493 e. The summed E-state index contributed by atoms with van der Waals surface area (Å²) < 4.78 is 32.3. The second-order valence-corrected chi connectivity index (χ2v) is 7.29. The first-order valence-electron chi connectivity index (χ1n) is 7.55. The first-order valence-corrected chi connectivity index (χ1v) is 9.03. The fourth-order valence-corrected chi connectivity index (χ4v) is 3.84. The first-order chi connectivity index (χ1) is 11.9. The Hall–Kier alpha value is -2.49. The minimum atomic E-state index is -4.13. The second kappa shape index (κ2) is 6.79. The lowest BCUT2D eigenvalue weighted by molar-refractivity contribution is -0.387. The Labute approximate surface area is 144 Å². The van der Waals surface area contributed by atoms with Crippen LogP contribution in [0.25, 0.3) is 0 Å². The minimum Gasteiger partial charge on any atom is -0.493 e. The van der Waals surface area contributed by atoms with Crippen molar-refractivity contribution in [1.29, 1.82) is 0 Å². The Bertz CT molecular complexity index is 913. The molecule has 9 heteroatoms. The molecule has 0 saturated carbocycles. The van der Waals surface area contributed by atoms with Crippen molar-refractivity contribution in [2.24, 2.45) is 0 Å². The highest BCUT2D eigenvalue weighted by Crippen LogP contribution is 2.28. The van der Waals surface area contributed by atoms with Gasteiger partial charge in [0.1, 0.15) is 5.75 Å². The Balaban J connectivity index is 1.75. The molecule has 2 aromatic rings. The maximum atomic E-state index is 12.3. The maximum Gasteiger partial charge on any atom is 0.289 e. The van der Waals surface area contributed by atoms with Crippen LogP contribution in [0.2, 0.25) is 0 Å². The van der Waals surface area contributed by atoms with Gasteiger partial charge in [-0.2, -0.15) is 0 Å². The molecule has 0 radical (unpaired) electrons. The average molecular weight is 364 g/mol. The van der Waals surface area contributed by atoms with Crippen LogP contribution in [0.1, 0.15) is 17.2 Å². The van der Waals surface area contributed by atoms with E-state index >= 15 is 0 Å². The molecule has 0 aliphatic carbocycles. The van der Waals surface area contributed by atoms with E-state index in [1.807, 2.05) is 0 Å². The molecule has 1 aliphatic rings. The smallest absolute Gasteiger partial charge is 0.289 e. The molecule has 0 bridgehead atoms. The zero-order valence-electron chi connectivity index (χ0n) is 13.1. The fourth-order valence-electron chi connectivity index (χ4n) is 2.63. The van der Waals surface area contributed by atoms with Crippen molar-refractivity contribution in [3.8, 4) is 5.75 Å². The van der Waals surface area contributed by atoms with Gasteiger partial charge < -0.3 is 9.84 Å². The number of rotatable bonds is 6. The number of hydrogen-bond acceptors (Lipinski definition) is 6. The number of nitrogens with zero attached hydrogens (tertiary/aromatic N) is 1. The molecule has 0 aromatic heterocycles. The van der Waals surface area contributed by atoms with Crippen LogP contribution < -0.4 is 9.46 Å². The van der Waals surface area contributed by atoms with Gasteiger partial charge in [0, 0.05) is 19.0 Å². The third kappa shape index (κ3) is 3.63. The Kier molecular flexibility index (Phi) is 4.71. The third-order valence-corrected chi connectivity index (χ3v) is 5.39. The molecule has 1 atom stereocenters. The van der Waals surface area contributed by atoms with E-state index in [9.17, 15) is 23.6 Å². The number of nitro benzene ring substituents is 1. The van der Waals surface area contributed by atoms with Gasteiger partial charge in [-0.25, -0.2) is 13.1 Å². The predicted molar refractivity (Wildman–Crippen MR) is 88.9 cm³/mol.